The fourth-order valence-electron chi connectivity index (χ4n) is 0.412. The van der Waals surface area contributed by atoms with E-state index in [-0.39, 0.29) is 22.4 Å². The van der Waals surface area contributed by atoms with Gasteiger partial charge in [0.15, 0.2) is 0 Å². The topological polar surface area (TPSA) is 35.5 Å². The molecule has 1 aliphatic heterocycles. The maximum absolute atomic E-state index is 10.0. The van der Waals surface area contributed by atoms with Crippen molar-refractivity contribution >= 4 is 6.16 Å². The SMILES string of the molecule is O=C1OCCCO1.[Au]. The van der Waals surface area contributed by atoms with Crippen molar-refractivity contribution in [2.24, 2.45) is 0 Å². The van der Waals surface area contributed by atoms with E-state index in [0.717, 1.165) is 6.42 Å². The zero-order chi connectivity index (χ0) is 5.11. The predicted octanol–water partition coefficient (Wildman–Crippen LogP) is 0.541. The molecule has 1 aliphatic rings. The van der Waals surface area contributed by atoms with Crippen LogP contribution in [0, 0.1) is 0 Å². The summed E-state index contributed by atoms with van der Waals surface area (Å²) in [6.07, 6.45) is 0.289. The van der Waals surface area contributed by atoms with Crippen molar-refractivity contribution in [3.05, 3.63) is 0 Å². The molecule has 0 unspecified atom stereocenters. The van der Waals surface area contributed by atoms with Gasteiger partial charge in [0.1, 0.15) is 0 Å². The minimum absolute atomic E-state index is 0. The average Bonchev–Trinajstić information content (AvgIpc) is 1.69. The molecule has 0 aromatic carbocycles. The van der Waals surface area contributed by atoms with Crippen molar-refractivity contribution in [2.75, 3.05) is 13.2 Å². The van der Waals surface area contributed by atoms with Crippen LogP contribution < -0.4 is 0 Å². The molecule has 1 rings (SSSR count). The van der Waals surface area contributed by atoms with Crippen molar-refractivity contribution in [3.8, 4) is 0 Å². The van der Waals surface area contributed by atoms with Crippen molar-refractivity contribution in [1.82, 2.24) is 0 Å². The third-order valence-electron chi connectivity index (χ3n) is 0.729. The van der Waals surface area contributed by atoms with Crippen molar-refractivity contribution < 1.29 is 36.6 Å². The zero-order valence-electron chi connectivity index (χ0n) is 4.15. The molecule has 0 atom stereocenters. The summed E-state index contributed by atoms with van der Waals surface area (Å²) in [4.78, 5) is 10.0. The first-order chi connectivity index (χ1) is 3.39. The number of cyclic esters (lactones) is 2. The summed E-state index contributed by atoms with van der Waals surface area (Å²) in [5.41, 5.74) is 0. The molecule has 8 heavy (non-hydrogen) atoms. The number of carbonyl (C=O) groups is 1. The second kappa shape index (κ2) is 3.95. The van der Waals surface area contributed by atoms with E-state index in [1.807, 2.05) is 0 Å². The van der Waals surface area contributed by atoms with Gasteiger partial charge in [0, 0.05) is 28.8 Å². The smallest absolute Gasteiger partial charge is 0.434 e. The molecule has 3 nitrogen and oxygen atoms in total. The van der Waals surface area contributed by atoms with Crippen LogP contribution in [0.5, 0.6) is 0 Å². The van der Waals surface area contributed by atoms with Gasteiger partial charge in [-0.3, -0.25) is 0 Å². The molecule has 0 aliphatic carbocycles. The van der Waals surface area contributed by atoms with Gasteiger partial charge in [0.25, 0.3) is 0 Å². The Balaban J connectivity index is 0.000000490. The zero-order valence-corrected chi connectivity index (χ0v) is 6.31. The van der Waals surface area contributed by atoms with Gasteiger partial charge in [0.2, 0.25) is 0 Å². The molecule has 0 saturated carbocycles. The first-order valence-electron chi connectivity index (χ1n) is 2.19. The Morgan fingerprint density at radius 2 is 1.75 bits per heavy atom. The van der Waals surface area contributed by atoms with E-state index in [4.69, 9.17) is 0 Å². The molecule has 0 N–H and O–H groups in total. The maximum atomic E-state index is 10.0. The van der Waals surface area contributed by atoms with Crippen LogP contribution in [0.15, 0.2) is 0 Å². The molecule has 1 radical (unpaired) electrons. The van der Waals surface area contributed by atoms with Crippen LogP contribution in [0.1, 0.15) is 6.42 Å². The fourth-order valence-corrected chi connectivity index (χ4v) is 0.412. The number of ether oxygens (including phenoxy) is 2. The standard InChI is InChI=1S/C4H6O3.Au/c5-4-6-2-1-3-7-4;/h1-3H2;. The van der Waals surface area contributed by atoms with Crippen LogP contribution in [0.2, 0.25) is 0 Å². The summed E-state index contributed by atoms with van der Waals surface area (Å²) in [6, 6.07) is 0. The molecular weight excluding hydrogens is 293 g/mol. The molecule has 0 aromatic rings. The second-order valence-corrected chi connectivity index (χ2v) is 1.30. The molecule has 1 fully saturated rings. The van der Waals surface area contributed by atoms with Crippen LogP contribution in [0.3, 0.4) is 0 Å². The molecule has 0 aromatic heterocycles. The van der Waals surface area contributed by atoms with Gasteiger partial charge in [-0.1, -0.05) is 0 Å². The Labute approximate surface area is 62.9 Å². The first-order valence-corrected chi connectivity index (χ1v) is 2.19. The third kappa shape index (κ3) is 2.35. The summed E-state index contributed by atoms with van der Waals surface area (Å²) in [5.74, 6) is 0. The van der Waals surface area contributed by atoms with Crippen molar-refractivity contribution in [2.45, 2.75) is 6.42 Å². The molecule has 4 heteroatoms. The minimum atomic E-state index is -0.536. The average molecular weight is 299 g/mol. The van der Waals surface area contributed by atoms with Gasteiger partial charge in [-0.25, -0.2) is 4.79 Å². The normalized spacial score (nSPS) is 17.8. The van der Waals surface area contributed by atoms with Crippen LogP contribution >= 0.6 is 0 Å². The first kappa shape index (κ1) is 8.01. The van der Waals surface area contributed by atoms with Gasteiger partial charge in [-0.15, -0.1) is 0 Å². The van der Waals surface area contributed by atoms with Gasteiger partial charge < -0.3 is 9.47 Å². The fraction of sp³-hybridized carbons (Fsp3) is 0.750. The van der Waals surface area contributed by atoms with Gasteiger partial charge in [-0.2, -0.15) is 0 Å². The molecule has 1 saturated heterocycles. The van der Waals surface area contributed by atoms with Crippen LogP contribution in [0.25, 0.3) is 0 Å². The number of rotatable bonds is 0. The van der Waals surface area contributed by atoms with E-state index in [9.17, 15) is 4.79 Å². The predicted molar refractivity (Wildman–Crippen MR) is 21.9 cm³/mol. The molecule has 51 valence electrons. The second-order valence-electron chi connectivity index (χ2n) is 1.30. The van der Waals surface area contributed by atoms with Gasteiger partial charge in [0.05, 0.1) is 13.2 Å². The van der Waals surface area contributed by atoms with Gasteiger partial charge >= 0.3 is 6.16 Å². The summed E-state index contributed by atoms with van der Waals surface area (Å²) < 4.78 is 8.83. The Hall–Kier alpha value is 0.0103. The Morgan fingerprint density at radius 3 is 2.00 bits per heavy atom. The van der Waals surface area contributed by atoms with Crippen molar-refractivity contribution in [3.63, 3.8) is 0 Å². The summed E-state index contributed by atoms with van der Waals surface area (Å²) in [6.45, 7) is 1.03. The molecular formula is C4H6AuO3. The monoisotopic (exact) mass is 299 g/mol. The molecule has 1 heterocycles. The van der Waals surface area contributed by atoms with E-state index in [1.165, 1.54) is 0 Å². The van der Waals surface area contributed by atoms with Crippen LogP contribution in [-0.2, 0) is 31.9 Å². The quantitative estimate of drug-likeness (QED) is 0.484. The van der Waals surface area contributed by atoms with E-state index >= 15 is 0 Å². The molecule has 0 spiro atoms. The number of hydrogen-bond acceptors (Lipinski definition) is 3. The molecule has 0 amide bonds. The minimum Gasteiger partial charge on any atom is -0.434 e. The Kier molecular flexibility index (Phi) is 3.95. The summed E-state index contributed by atoms with van der Waals surface area (Å²) >= 11 is 0. The van der Waals surface area contributed by atoms with E-state index in [0.29, 0.717) is 13.2 Å². The summed E-state index contributed by atoms with van der Waals surface area (Å²) in [5, 5.41) is 0. The van der Waals surface area contributed by atoms with E-state index < -0.39 is 6.16 Å². The number of hydrogen-bond donors (Lipinski definition) is 0. The van der Waals surface area contributed by atoms with E-state index in [1.54, 1.807) is 0 Å². The largest absolute Gasteiger partial charge is 0.508 e. The number of carbonyl (C=O) groups excluding carboxylic acids is 1. The Morgan fingerprint density at radius 1 is 1.25 bits per heavy atom. The van der Waals surface area contributed by atoms with E-state index in [2.05, 4.69) is 9.47 Å². The van der Waals surface area contributed by atoms with Crippen LogP contribution in [0.4, 0.5) is 4.79 Å². The molecule has 0 bridgehead atoms. The van der Waals surface area contributed by atoms with Gasteiger partial charge in [-0.05, 0) is 0 Å². The van der Waals surface area contributed by atoms with Crippen LogP contribution in [-0.4, -0.2) is 19.4 Å². The third-order valence-corrected chi connectivity index (χ3v) is 0.729. The van der Waals surface area contributed by atoms with Crippen molar-refractivity contribution in [1.29, 1.82) is 0 Å². The maximum Gasteiger partial charge on any atom is 0.508 e. The summed E-state index contributed by atoms with van der Waals surface area (Å²) in [7, 11) is 0. The Bertz CT molecular complexity index is 75.4.